The molecule has 0 saturated heterocycles. The van der Waals surface area contributed by atoms with Crippen LogP contribution >= 0.6 is 0 Å². The monoisotopic (exact) mass is 250 g/mol. The van der Waals surface area contributed by atoms with Crippen LogP contribution < -0.4 is 11.2 Å². The average molecular weight is 250 g/mol. The number of aromatic carboxylic acids is 1. The van der Waals surface area contributed by atoms with Crippen molar-refractivity contribution in [1.29, 1.82) is 0 Å². The number of H-pyrrole nitrogens is 1. The number of carboxylic acids is 1. The highest BCUT2D eigenvalue weighted by molar-refractivity contribution is 5.88. The van der Waals surface area contributed by atoms with Crippen LogP contribution in [0, 0.1) is 6.92 Å². The van der Waals surface area contributed by atoms with E-state index in [1.165, 1.54) is 29.8 Å². The zero-order valence-electron chi connectivity index (χ0n) is 9.47. The minimum absolute atomic E-state index is 0.0578. The fourth-order valence-electron chi connectivity index (χ4n) is 1.57. The molecule has 0 amide bonds. The number of carboxylic acid groups (broad SMARTS) is 1. The van der Waals surface area contributed by atoms with E-state index in [0.717, 1.165) is 0 Å². The average Bonchev–Trinajstić information content (AvgIpc) is 2.64. The summed E-state index contributed by atoms with van der Waals surface area (Å²) in [5.41, 5.74) is -1.01. The summed E-state index contributed by atoms with van der Waals surface area (Å²) < 4.78 is 6.45. The fraction of sp³-hybridized carbons (Fsp3) is 0.182. The Bertz CT molecular complexity index is 707. The molecular formula is C11H10N2O5. The number of nitrogens with one attached hydrogen (secondary N) is 1. The van der Waals surface area contributed by atoms with E-state index < -0.39 is 17.2 Å². The molecule has 0 spiro atoms. The Balaban J connectivity index is 2.34. The predicted molar refractivity (Wildman–Crippen MR) is 60.8 cm³/mol. The Kier molecular flexibility index (Phi) is 2.88. The van der Waals surface area contributed by atoms with Crippen LogP contribution in [0.3, 0.4) is 0 Å². The Labute approximate surface area is 100 Å². The van der Waals surface area contributed by atoms with Gasteiger partial charge in [0.2, 0.25) is 0 Å². The third kappa shape index (κ3) is 2.24. The molecule has 2 aromatic rings. The summed E-state index contributed by atoms with van der Waals surface area (Å²) in [4.78, 5) is 35.2. The fourth-order valence-corrected chi connectivity index (χ4v) is 1.57. The van der Waals surface area contributed by atoms with Crippen LogP contribution in [0.25, 0.3) is 0 Å². The molecule has 0 aliphatic rings. The molecule has 0 bridgehead atoms. The lowest BCUT2D eigenvalue weighted by molar-refractivity contribution is 0.0695. The van der Waals surface area contributed by atoms with Gasteiger partial charge in [0.25, 0.3) is 5.56 Å². The highest BCUT2D eigenvalue weighted by Gasteiger charge is 2.14. The number of hydrogen-bond donors (Lipinski definition) is 2. The van der Waals surface area contributed by atoms with Gasteiger partial charge in [-0.25, -0.2) is 9.59 Å². The van der Waals surface area contributed by atoms with E-state index in [9.17, 15) is 14.4 Å². The van der Waals surface area contributed by atoms with E-state index in [4.69, 9.17) is 9.52 Å². The van der Waals surface area contributed by atoms with Gasteiger partial charge in [-0.15, -0.1) is 0 Å². The van der Waals surface area contributed by atoms with Crippen molar-refractivity contribution in [1.82, 2.24) is 9.55 Å². The van der Waals surface area contributed by atoms with E-state index in [1.807, 2.05) is 0 Å². The summed E-state index contributed by atoms with van der Waals surface area (Å²) in [6.07, 6.45) is 1.32. The smallest absolute Gasteiger partial charge is 0.339 e. The molecule has 0 aliphatic carbocycles. The lowest BCUT2D eigenvalue weighted by Crippen LogP contribution is -2.28. The number of nitrogens with zero attached hydrogens (tertiary/aromatic N) is 1. The minimum Gasteiger partial charge on any atom is -0.478 e. The standard InChI is InChI=1S/C11H10N2O5/c1-6-8(10(15)16)4-7(18-6)5-13-3-2-9(14)12-11(13)17/h2-4H,5H2,1H3,(H,15,16)(H,12,14,17). The molecule has 7 heteroatoms. The van der Waals surface area contributed by atoms with Gasteiger partial charge in [-0.2, -0.15) is 0 Å². The van der Waals surface area contributed by atoms with Crippen LogP contribution in [0.15, 0.2) is 32.3 Å². The van der Waals surface area contributed by atoms with E-state index in [1.54, 1.807) is 0 Å². The van der Waals surface area contributed by atoms with Gasteiger partial charge < -0.3 is 9.52 Å². The van der Waals surface area contributed by atoms with E-state index in [2.05, 4.69) is 4.98 Å². The van der Waals surface area contributed by atoms with Gasteiger partial charge in [-0.1, -0.05) is 0 Å². The van der Waals surface area contributed by atoms with Crippen molar-refractivity contribution in [3.05, 3.63) is 56.3 Å². The van der Waals surface area contributed by atoms with Crippen molar-refractivity contribution in [2.45, 2.75) is 13.5 Å². The van der Waals surface area contributed by atoms with Crippen LogP contribution in [0.2, 0.25) is 0 Å². The maximum absolute atomic E-state index is 11.4. The number of aromatic nitrogens is 2. The molecular weight excluding hydrogens is 240 g/mol. The van der Waals surface area contributed by atoms with Crippen LogP contribution in [0.4, 0.5) is 0 Å². The van der Waals surface area contributed by atoms with Crippen molar-refractivity contribution in [3.63, 3.8) is 0 Å². The molecule has 2 aromatic heterocycles. The van der Waals surface area contributed by atoms with Gasteiger partial charge >= 0.3 is 11.7 Å². The SMILES string of the molecule is Cc1oc(Cn2ccc(=O)[nH]c2=O)cc1C(=O)O. The Morgan fingerprint density at radius 1 is 1.50 bits per heavy atom. The summed E-state index contributed by atoms with van der Waals surface area (Å²) >= 11 is 0. The minimum atomic E-state index is -1.09. The summed E-state index contributed by atoms with van der Waals surface area (Å²) in [5.74, 6) is -0.481. The van der Waals surface area contributed by atoms with Crippen LogP contribution in [-0.2, 0) is 6.54 Å². The molecule has 94 valence electrons. The van der Waals surface area contributed by atoms with Crippen molar-refractivity contribution < 1.29 is 14.3 Å². The molecule has 0 aliphatic heterocycles. The maximum atomic E-state index is 11.4. The molecule has 18 heavy (non-hydrogen) atoms. The number of aryl methyl sites for hydroxylation is 1. The second-order valence-electron chi connectivity index (χ2n) is 3.73. The van der Waals surface area contributed by atoms with Gasteiger partial charge in [-0.05, 0) is 13.0 Å². The molecule has 0 unspecified atom stereocenters. The lowest BCUT2D eigenvalue weighted by Gasteiger charge is -2.00. The highest BCUT2D eigenvalue weighted by atomic mass is 16.4. The zero-order valence-corrected chi connectivity index (χ0v) is 9.47. The molecule has 0 saturated carbocycles. The largest absolute Gasteiger partial charge is 0.478 e. The first-order valence-corrected chi connectivity index (χ1v) is 5.10. The molecule has 0 radical (unpaired) electrons. The summed E-state index contributed by atoms with van der Waals surface area (Å²) in [6.45, 7) is 1.59. The number of furan rings is 1. The number of hydrogen-bond acceptors (Lipinski definition) is 4. The molecule has 7 nitrogen and oxygen atoms in total. The van der Waals surface area contributed by atoms with Crippen molar-refractivity contribution >= 4 is 5.97 Å². The second-order valence-corrected chi connectivity index (χ2v) is 3.73. The van der Waals surface area contributed by atoms with Gasteiger partial charge in [0.05, 0.1) is 6.54 Å². The molecule has 0 aromatic carbocycles. The summed E-state index contributed by atoms with van der Waals surface area (Å²) in [7, 11) is 0. The van der Waals surface area contributed by atoms with Gasteiger partial charge in [0.1, 0.15) is 17.1 Å². The molecule has 0 fully saturated rings. The lowest BCUT2D eigenvalue weighted by atomic mass is 10.2. The van der Waals surface area contributed by atoms with Crippen LogP contribution in [0.1, 0.15) is 21.9 Å². The molecule has 2 N–H and O–H groups in total. The quantitative estimate of drug-likeness (QED) is 0.808. The third-order valence-electron chi connectivity index (χ3n) is 2.42. The normalized spacial score (nSPS) is 10.5. The highest BCUT2D eigenvalue weighted by Crippen LogP contribution is 2.14. The summed E-state index contributed by atoms with van der Waals surface area (Å²) in [5, 5.41) is 8.86. The Morgan fingerprint density at radius 3 is 2.78 bits per heavy atom. The van der Waals surface area contributed by atoms with Gasteiger partial charge in [0.15, 0.2) is 0 Å². The second kappa shape index (κ2) is 4.36. The zero-order chi connectivity index (χ0) is 13.3. The van der Waals surface area contributed by atoms with Crippen molar-refractivity contribution in [3.8, 4) is 0 Å². The number of aromatic amines is 1. The molecule has 0 atom stereocenters. The van der Waals surface area contributed by atoms with E-state index in [-0.39, 0.29) is 17.9 Å². The van der Waals surface area contributed by atoms with Gasteiger partial charge in [0, 0.05) is 12.3 Å². The third-order valence-corrected chi connectivity index (χ3v) is 2.42. The first-order chi connectivity index (χ1) is 8.47. The number of rotatable bonds is 3. The van der Waals surface area contributed by atoms with Crippen molar-refractivity contribution in [2.24, 2.45) is 0 Å². The molecule has 2 rings (SSSR count). The predicted octanol–water partition coefficient (Wildman–Crippen LogP) is 0.185. The van der Waals surface area contributed by atoms with E-state index in [0.29, 0.717) is 5.76 Å². The van der Waals surface area contributed by atoms with E-state index >= 15 is 0 Å². The maximum Gasteiger partial charge on any atom is 0.339 e. The topological polar surface area (TPSA) is 105 Å². The Morgan fingerprint density at radius 2 is 2.22 bits per heavy atom. The van der Waals surface area contributed by atoms with Crippen LogP contribution in [0.5, 0.6) is 0 Å². The Hall–Kier alpha value is -2.57. The first-order valence-electron chi connectivity index (χ1n) is 5.10. The number of carbonyl (C=O) groups is 1. The van der Waals surface area contributed by atoms with Gasteiger partial charge in [-0.3, -0.25) is 14.3 Å². The summed E-state index contributed by atoms with van der Waals surface area (Å²) in [6, 6.07) is 2.56. The van der Waals surface area contributed by atoms with Crippen LogP contribution in [-0.4, -0.2) is 20.6 Å². The first kappa shape index (κ1) is 11.9. The molecule has 2 heterocycles. The van der Waals surface area contributed by atoms with Crippen molar-refractivity contribution in [2.75, 3.05) is 0 Å².